The summed E-state index contributed by atoms with van der Waals surface area (Å²) in [6.45, 7) is 7.17. The van der Waals surface area contributed by atoms with Gasteiger partial charge in [-0.15, -0.1) is 0 Å². The van der Waals surface area contributed by atoms with E-state index in [0.717, 1.165) is 0 Å². The Morgan fingerprint density at radius 1 is 0.706 bits per heavy atom. The molecule has 0 atom stereocenters. The first-order valence-corrected chi connectivity index (χ1v) is 8.00. The molecule has 1 aliphatic rings. The Morgan fingerprint density at radius 2 is 1.12 bits per heavy atom. The molecule has 0 radical (unpaired) electrons. The Hall–Kier alpha value is -1.34. The topological polar surface area (TPSA) is 0 Å². The van der Waals surface area contributed by atoms with Gasteiger partial charge < -0.3 is 0 Å². The summed E-state index contributed by atoms with van der Waals surface area (Å²) in [6.07, 6.45) is 0. The number of hydrogen-bond acceptors (Lipinski definition) is 0. The predicted octanol–water partition coefficient (Wildman–Crippen LogP) is 2.81. The van der Waals surface area contributed by atoms with Gasteiger partial charge in [0.2, 0.25) is 0 Å². The highest BCUT2D eigenvalue weighted by Crippen LogP contribution is 2.34. The average Bonchev–Trinajstić information content (AvgIpc) is 2.63. The van der Waals surface area contributed by atoms with Gasteiger partial charge >= 0.3 is 0 Å². The van der Waals surface area contributed by atoms with Crippen LogP contribution in [0, 0.1) is 0 Å². The summed E-state index contributed by atoms with van der Waals surface area (Å²) in [5.41, 5.74) is 2.96. The fourth-order valence-corrected chi connectivity index (χ4v) is 7.02. The van der Waals surface area contributed by atoms with Crippen LogP contribution in [-0.4, -0.2) is 8.80 Å². The molecule has 0 fully saturated rings. The lowest BCUT2D eigenvalue weighted by Gasteiger charge is -2.27. The molecule has 3 rings (SSSR count). The number of rotatable bonds is 0. The third-order valence-corrected chi connectivity index (χ3v) is 7.68. The monoisotopic (exact) mass is 238 g/mol. The van der Waals surface area contributed by atoms with Crippen molar-refractivity contribution in [2.45, 2.75) is 25.8 Å². The molecule has 1 aliphatic heterocycles. The SMILES string of the molecule is CC(C)(C)[SiH]1c2ccccc2-c2ccccc21. The van der Waals surface area contributed by atoms with E-state index >= 15 is 0 Å². The Labute approximate surface area is 105 Å². The molecule has 0 bridgehead atoms. The molecule has 0 unspecified atom stereocenters. The van der Waals surface area contributed by atoms with E-state index in [-0.39, 0.29) is 0 Å². The van der Waals surface area contributed by atoms with Crippen molar-refractivity contribution >= 4 is 19.2 Å². The highest BCUT2D eigenvalue weighted by atomic mass is 28.3. The summed E-state index contributed by atoms with van der Waals surface area (Å²) >= 11 is 0. The van der Waals surface area contributed by atoms with Crippen molar-refractivity contribution in [3.05, 3.63) is 48.5 Å². The van der Waals surface area contributed by atoms with Crippen LogP contribution >= 0.6 is 0 Å². The van der Waals surface area contributed by atoms with Gasteiger partial charge in [0.25, 0.3) is 0 Å². The van der Waals surface area contributed by atoms with Crippen LogP contribution in [0.5, 0.6) is 0 Å². The second-order valence-electron chi connectivity index (χ2n) is 5.97. The van der Waals surface area contributed by atoms with Crippen LogP contribution in [0.4, 0.5) is 0 Å². The molecule has 86 valence electrons. The molecule has 0 spiro atoms. The van der Waals surface area contributed by atoms with Gasteiger partial charge in [-0.05, 0) is 26.5 Å². The van der Waals surface area contributed by atoms with Gasteiger partial charge in [0, 0.05) is 0 Å². The number of benzene rings is 2. The zero-order valence-electron chi connectivity index (χ0n) is 10.7. The van der Waals surface area contributed by atoms with Crippen molar-refractivity contribution in [2.24, 2.45) is 0 Å². The van der Waals surface area contributed by atoms with E-state index in [9.17, 15) is 0 Å². The average molecular weight is 238 g/mol. The van der Waals surface area contributed by atoms with Crippen molar-refractivity contribution in [1.82, 2.24) is 0 Å². The summed E-state index contributed by atoms with van der Waals surface area (Å²) in [4.78, 5) is 0. The minimum atomic E-state index is -1.06. The molecule has 1 heterocycles. The highest BCUT2D eigenvalue weighted by Gasteiger charge is 2.37. The van der Waals surface area contributed by atoms with Gasteiger partial charge in [-0.25, -0.2) is 0 Å². The lowest BCUT2D eigenvalue weighted by molar-refractivity contribution is 0.751. The van der Waals surface area contributed by atoms with Gasteiger partial charge in [-0.3, -0.25) is 0 Å². The Bertz CT molecular complexity index is 518. The van der Waals surface area contributed by atoms with Crippen LogP contribution in [0.25, 0.3) is 11.1 Å². The van der Waals surface area contributed by atoms with E-state index in [1.165, 1.54) is 11.1 Å². The van der Waals surface area contributed by atoms with Gasteiger partial charge in [-0.2, -0.15) is 0 Å². The molecule has 2 aromatic rings. The lowest BCUT2D eigenvalue weighted by atomic mass is 10.1. The molecule has 0 nitrogen and oxygen atoms in total. The minimum absolute atomic E-state index is 0.405. The van der Waals surface area contributed by atoms with E-state index in [2.05, 4.69) is 69.3 Å². The molecule has 0 amide bonds. The van der Waals surface area contributed by atoms with Gasteiger partial charge in [0.1, 0.15) is 8.80 Å². The van der Waals surface area contributed by atoms with E-state index < -0.39 is 8.80 Å². The standard InChI is InChI=1S/C16H18Si/c1-16(2,3)17-14-10-6-4-8-12(14)13-9-5-7-11-15(13)17/h4-11,17H,1-3H3. The van der Waals surface area contributed by atoms with Crippen LogP contribution in [0.2, 0.25) is 5.04 Å². The van der Waals surface area contributed by atoms with Crippen LogP contribution in [-0.2, 0) is 0 Å². The molecule has 2 aromatic carbocycles. The fourth-order valence-electron chi connectivity index (χ4n) is 3.09. The largest absolute Gasteiger partial charge is 0.109 e. The summed E-state index contributed by atoms with van der Waals surface area (Å²) in [5, 5.41) is 3.66. The number of hydrogen-bond donors (Lipinski definition) is 0. The highest BCUT2D eigenvalue weighted by molar-refractivity contribution is 6.91. The Kier molecular flexibility index (Phi) is 2.27. The molecular weight excluding hydrogens is 220 g/mol. The molecule has 0 aliphatic carbocycles. The van der Waals surface area contributed by atoms with Crippen LogP contribution in [0.15, 0.2) is 48.5 Å². The van der Waals surface area contributed by atoms with Crippen molar-refractivity contribution < 1.29 is 0 Å². The first-order valence-electron chi connectivity index (χ1n) is 6.27. The summed E-state index contributed by atoms with van der Waals surface area (Å²) in [7, 11) is -1.06. The summed E-state index contributed by atoms with van der Waals surface area (Å²) in [5.74, 6) is 0. The van der Waals surface area contributed by atoms with Crippen molar-refractivity contribution in [3.63, 3.8) is 0 Å². The van der Waals surface area contributed by atoms with E-state index in [1.54, 1.807) is 10.4 Å². The zero-order chi connectivity index (χ0) is 12.0. The third kappa shape index (κ3) is 1.57. The summed E-state index contributed by atoms with van der Waals surface area (Å²) < 4.78 is 0. The predicted molar refractivity (Wildman–Crippen MR) is 78.0 cm³/mol. The van der Waals surface area contributed by atoms with Crippen molar-refractivity contribution in [2.75, 3.05) is 0 Å². The first-order chi connectivity index (χ1) is 8.09. The Balaban J connectivity index is 2.31. The maximum absolute atomic E-state index is 2.39. The maximum Gasteiger partial charge on any atom is 0.109 e. The van der Waals surface area contributed by atoms with Crippen LogP contribution < -0.4 is 10.4 Å². The second-order valence-corrected chi connectivity index (χ2v) is 9.82. The second kappa shape index (κ2) is 3.57. The Morgan fingerprint density at radius 3 is 1.53 bits per heavy atom. The molecule has 1 heteroatoms. The molecule has 0 aromatic heterocycles. The van der Waals surface area contributed by atoms with E-state index in [4.69, 9.17) is 0 Å². The number of fused-ring (bicyclic) bond motifs is 3. The molecule has 0 saturated carbocycles. The minimum Gasteiger partial charge on any atom is -0.0623 e. The van der Waals surface area contributed by atoms with Gasteiger partial charge in [-0.1, -0.05) is 69.3 Å². The lowest BCUT2D eigenvalue weighted by Crippen LogP contribution is -2.45. The molecule has 0 N–H and O–H groups in total. The van der Waals surface area contributed by atoms with Crippen LogP contribution in [0.3, 0.4) is 0 Å². The van der Waals surface area contributed by atoms with Crippen LogP contribution in [0.1, 0.15) is 20.8 Å². The van der Waals surface area contributed by atoms with Crippen molar-refractivity contribution in [3.8, 4) is 11.1 Å². The normalized spacial score (nSPS) is 14.5. The zero-order valence-corrected chi connectivity index (χ0v) is 11.9. The molecular formula is C16H18Si. The van der Waals surface area contributed by atoms with E-state index in [1.807, 2.05) is 0 Å². The summed E-state index contributed by atoms with van der Waals surface area (Å²) in [6, 6.07) is 18.0. The van der Waals surface area contributed by atoms with Crippen molar-refractivity contribution in [1.29, 1.82) is 0 Å². The molecule has 0 saturated heterocycles. The fraction of sp³-hybridized carbons (Fsp3) is 0.250. The first kappa shape index (κ1) is 10.8. The molecule has 17 heavy (non-hydrogen) atoms. The maximum atomic E-state index is 2.39. The van der Waals surface area contributed by atoms with Gasteiger partial charge in [0.15, 0.2) is 0 Å². The van der Waals surface area contributed by atoms with E-state index in [0.29, 0.717) is 5.04 Å². The smallest absolute Gasteiger partial charge is 0.0623 e. The van der Waals surface area contributed by atoms with Gasteiger partial charge in [0.05, 0.1) is 0 Å². The quantitative estimate of drug-likeness (QED) is 0.619. The third-order valence-electron chi connectivity index (χ3n) is 3.70.